The molecule has 0 saturated carbocycles. The topological polar surface area (TPSA) is 60.8 Å². The van der Waals surface area contributed by atoms with Crippen LogP contribution in [0.4, 0.5) is 8.78 Å². The van der Waals surface area contributed by atoms with E-state index in [1.54, 1.807) is 28.6 Å². The standard InChI is InChI=1S/C22H25BrF2N2O4/c1-14-11-18(13-21(29)26(14)2)30-17-7-9-27(10-8-17)20(28)6-3-15-12-16(23)4-5-19(15)31-22(24)25/h4-5,11-13,17,22H,3,6-10H2,1-2H3. The first-order chi connectivity index (χ1) is 14.7. The molecule has 2 heterocycles. The number of aromatic nitrogens is 1. The zero-order valence-corrected chi connectivity index (χ0v) is 19.0. The lowest BCUT2D eigenvalue weighted by Crippen LogP contribution is -2.42. The number of ether oxygens (including phenoxy) is 2. The second-order valence-electron chi connectivity index (χ2n) is 7.56. The van der Waals surface area contributed by atoms with Gasteiger partial charge in [0.05, 0.1) is 0 Å². The van der Waals surface area contributed by atoms with Gasteiger partial charge in [0.15, 0.2) is 0 Å². The molecule has 1 aliphatic rings. The molecule has 168 valence electrons. The number of nitrogens with zero attached hydrogens (tertiary/aromatic N) is 2. The highest BCUT2D eigenvalue weighted by molar-refractivity contribution is 9.10. The van der Waals surface area contributed by atoms with Gasteiger partial charge in [-0.3, -0.25) is 9.59 Å². The van der Waals surface area contributed by atoms with E-state index in [4.69, 9.17) is 4.74 Å². The molecule has 0 N–H and O–H groups in total. The molecule has 1 aromatic heterocycles. The lowest BCUT2D eigenvalue weighted by molar-refractivity contribution is -0.132. The SMILES string of the molecule is Cc1cc(OC2CCN(C(=O)CCc3cc(Br)ccc3OC(F)F)CC2)cc(=O)n1C. The van der Waals surface area contributed by atoms with Crippen LogP contribution < -0.4 is 15.0 Å². The summed E-state index contributed by atoms with van der Waals surface area (Å²) in [5.41, 5.74) is 1.26. The minimum absolute atomic E-state index is 0.0363. The molecule has 2 aromatic rings. The molecule has 1 saturated heterocycles. The molecule has 1 aromatic carbocycles. The number of hydrogen-bond acceptors (Lipinski definition) is 4. The highest BCUT2D eigenvalue weighted by Crippen LogP contribution is 2.26. The Bertz CT molecular complexity index is 988. The van der Waals surface area contributed by atoms with Gasteiger partial charge in [-0.05, 0) is 43.2 Å². The summed E-state index contributed by atoms with van der Waals surface area (Å²) in [6.07, 6.45) is 1.78. The van der Waals surface area contributed by atoms with E-state index in [0.717, 1.165) is 10.2 Å². The van der Waals surface area contributed by atoms with Crippen molar-refractivity contribution >= 4 is 21.8 Å². The molecule has 0 unspecified atom stereocenters. The van der Waals surface area contributed by atoms with Gasteiger partial charge >= 0.3 is 6.61 Å². The largest absolute Gasteiger partial charge is 0.490 e. The number of likely N-dealkylation sites (tertiary alicyclic amines) is 1. The third-order valence-electron chi connectivity index (χ3n) is 5.42. The fourth-order valence-corrected chi connectivity index (χ4v) is 3.98. The first-order valence-corrected chi connectivity index (χ1v) is 10.9. The Morgan fingerprint density at radius 1 is 1.23 bits per heavy atom. The molecule has 9 heteroatoms. The number of pyridine rings is 1. The monoisotopic (exact) mass is 498 g/mol. The van der Waals surface area contributed by atoms with Gasteiger partial charge < -0.3 is 18.9 Å². The molecule has 3 rings (SSSR count). The summed E-state index contributed by atoms with van der Waals surface area (Å²) >= 11 is 3.32. The lowest BCUT2D eigenvalue weighted by atomic mass is 10.0. The molecule has 31 heavy (non-hydrogen) atoms. The van der Waals surface area contributed by atoms with E-state index in [1.807, 2.05) is 13.0 Å². The number of rotatable bonds is 7. The average molecular weight is 499 g/mol. The molecule has 0 spiro atoms. The molecular formula is C22H25BrF2N2O4. The first-order valence-electron chi connectivity index (χ1n) is 10.1. The van der Waals surface area contributed by atoms with Crippen molar-refractivity contribution in [1.29, 1.82) is 0 Å². The molecule has 6 nitrogen and oxygen atoms in total. The van der Waals surface area contributed by atoms with Crippen LogP contribution in [0.15, 0.2) is 39.6 Å². The second-order valence-corrected chi connectivity index (χ2v) is 8.47. The van der Waals surface area contributed by atoms with Crippen LogP contribution in [0.1, 0.15) is 30.5 Å². The van der Waals surface area contributed by atoms with Gasteiger partial charge in [-0.2, -0.15) is 8.78 Å². The van der Waals surface area contributed by atoms with Gasteiger partial charge in [-0.15, -0.1) is 0 Å². The van der Waals surface area contributed by atoms with Crippen molar-refractivity contribution in [1.82, 2.24) is 9.47 Å². The summed E-state index contributed by atoms with van der Waals surface area (Å²) < 4.78 is 38.0. The maximum absolute atomic E-state index is 12.6. The zero-order valence-electron chi connectivity index (χ0n) is 17.4. The number of aryl methyl sites for hydroxylation is 2. The highest BCUT2D eigenvalue weighted by atomic mass is 79.9. The predicted octanol–water partition coefficient (Wildman–Crippen LogP) is 4.06. The number of halogens is 3. The number of hydrogen-bond donors (Lipinski definition) is 0. The molecular weight excluding hydrogens is 474 g/mol. The molecule has 0 aliphatic carbocycles. The van der Waals surface area contributed by atoms with Gasteiger partial charge in [0.25, 0.3) is 5.56 Å². The Hall–Kier alpha value is -2.42. The van der Waals surface area contributed by atoms with Crippen LogP contribution >= 0.6 is 15.9 Å². The van der Waals surface area contributed by atoms with Crippen LogP contribution in [0.2, 0.25) is 0 Å². The van der Waals surface area contributed by atoms with E-state index in [2.05, 4.69) is 20.7 Å². The fourth-order valence-electron chi connectivity index (χ4n) is 3.57. The van der Waals surface area contributed by atoms with Gasteiger partial charge in [-0.1, -0.05) is 15.9 Å². The van der Waals surface area contributed by atoms with E-state index >= 15 is 0 Å². The van der Waals surface area contributed by atoms with Crippen molar-refractivity contribution in [2.75, 3.05) is 13.1 Å². The van der Waals surface area contributed by atoms with Crippen LogP contribution in [0.5, 0.6) is 11.5 Å². The fraction of sp³-hybridized carbons (Fsp3) is 0.455. The van der Waals surface area contributed by atoms with Crippen LogP contribution in [0.25, 0.3) is 0 Å². The predicted molar refractivity (Wildman–Crippen MR) is 116 cm³/mol. The summed E-state index contributed by atoms with van der Waals surface area (Å²) in [4.78, 5) is 26.3. The van der Waals surface area contributed by atoms with Crippen molar-refractivity contribution in [3.05, 3.63) is 56.4 Å². The third-order valence-corrected chi connectivity index (χ3v) is 5.91. The summed E-state index contributed by atoms with van der Waals surface area (Å²) in [6.45, 7) is 0.0278. The minimum Gasteiger partial charge on any atom is -0.490 e. The number of carbonyl (C=O) groups excluding carboxylic acids is 1. The van der Waals surface area contributed by atoms with Crippen molar-refractivity contribution in [3.8, 4) is 11.5 Å². The number of amides is 1. The summed E-state index contributed by atoms with van der Waals surface area (Å²) in [5, 5.41) is 0. The van der Waals surface area contributed by atoms with Crippen molar-refractivity contribution in [3.63, 3.8) is 0 Å². The smallest absolute Gasteiger partial charge is 0.387 e. The Morgan fingerprint density at radius 3 is 2.58 bits per heavy atom. The van der Waals surface area contributed by atoms with E-state index in [-0.39, 0.29) is 29.7 Å². The van der Waals surface area contributed by atoms with Crippen molar-refractivity contribution < 1.29 is 23.0 Å². The van der Waals surface area contributed by atoms with E-state index in [1.165, 1.54) is 12.1 Å². The van der Waals surface area contributed by atoms with Crippen LogP contribution in [-0.4, -0.2) is 41.2 Å². The maximum Gasteiger partial charge on any atom is 0.387 e. The van der Waals surface area contributed by atoms with Gasteiger partial charge in [0.2, 0.25) is 5.91 Å². The molecule has 1 aliphatic heterocycles. The van der Waals surface area contributed by atoms with Crippen LogP contribution in [0, 0.1) is 6.92 Å². The molecule has 0 bridgehead atoms. The third kappa shape index (κ3) is 6.29. The van der Waals surface area contributed by atoms with Gasteiger partial charge in [-0.25, -0.2) is 0 Å². The Balaban J connectivity index is 1.52. The summed E-state index contributed by atoms with van der Waals surface area (Å²) in [6, 6.07) is 8.09. The van der Waals surface area contributed by atoms with Crippen molar-refractivity contribution in [2.24, 2.45) is 7.05 Å². The molecule has 0 radical (unpaired) electrons. The van der Waals surface area contributed by atoms with Crippen LogP contribution in [-0.2, 0) is 18.3 Å². The van der Waals surface area contributed by atoms with Gasteiger partial charge in [0, 0.05) is 55.6 Å². The minimum atomic E-state index is -2.91. The molecule has 1 amide bonds. The van der Waals surface area contributed by atoms with Crippen LogP contribution in [0.3, 0.4) is 0 Å². The highest BCUT2D eigenvalue weighted by Gasteiger charge is 2.24. The number of carbonyl (C=O) groups is 1. The Kier molecular flexibility index (Phi) is 7.69. The van der Waals surface area contributed by atoms with E-state index in [9.17, 15) is 18.4 Å². The lowest BCUT2D eigenvalue weighted by Gasteiger charge is -2.32. The second kappa shape index (κ2) is 10.3. The zero-order chi connectivity index (χ0) is 22.5. The Morgan fingerprint density at radius 2 is 1.94 bits per heavy atom. The number of piperidine rings is 1. The normalized spacial score (nSPS) is 14.7. The quantitative estimate of drug-likeness (QED) is 0.577. The van der Waals surface area contributed by atoms with E-state index in [0.29, 0.717) is 43.7 Å². The first kappa shape index (κ1) is 23.2. The van der Waals surface area contributed by atoms with Crippen molar-refractivity contribution in [2.45, 2.75) is 45.3 Å². The summed E-state index contributed by atoms with van der Waals surface area (Å²) in [7, 11) is 1.71. The summed E-state index contributed by atoms with van der Waals surface area (Å²) in [5.74, 6) is 0.597. The molecule has 1 fully saturated rings. The van der Waals surface area contributed by atoms with E-state index < -0.39 is 6.61 Å². The number of alkyl halides is 2. The maximum atomic E-state index is 12.6. The number of benzene rings is 1. The van der Waals surface area contributed by atoms with Gasteiger partial charge in [0.1, 0.15) is 17.6 Å². The molecule has 0 atom stereocenters. The average Bonchev–Trinajstić information content (AvgIpc) is 2.72. The Labute approximate surface area is 187 Å².